The van der Waals surface area contributed by atoms with E-state index in [1.54, 1.807) is 0 Å². The summed E-state index contributed by atoms with van der Waals surface area (Å²) in [6.45, 7) is 0. The van der Waals surface area contributed by atoms with Crippen molar-refractivity contribution in [3.63, 3.8) is 0 Å². The van der Waals surface area contributed by atoms with Crippen LogP contribution in [0.1, 0.15) is 0 Å². The van der Waals surface area contributed by atoms with Crippen molar-refractivity contribution in [2.75, 3.05) is 0 Å². The first-order valence-corrected chi connectivity index (χ1v) is 21.9. The zero-order valence-electron chi connectivity index (χ0n) is 38.8. The van der Waals surface area contributed by atoms with Crippen molar-refractivity contribution < 1.29 is 158 Å². The summed E-state index contributed by atoms with van der Waals surface area (Å²) < 4.78 is 5.58. The lowest BCUT2D eigenvalue weighted by molar-refractivity contribution is 0.348. The number of benzene rings is 10. The van der Waals surface area contributed by atoms with E-state index >= 15 is 0 Å². The first kappa shape index (κ1) is 50.5. The first-order valence-electron chi connectivity index (χ1n) is 21.9. The number of rotatable bonds is 3. The third-order valence-electron chi connectivity index (χ3n) is 14.1. The van der Waals surface area contributed by atoms with Crippen LogP contribution in [0.25, 0.3) is 109 Å². The Bertz CT molecular complexity index is 4810. The molecule has 31 heteroatoms. The number of hydrogen-bond acceptors (Lipinski definition) is 31. The maximum Gasteiger partial charge on any atom is 0.205 e. The molecule has 0 amide bonds. The van der Waals surface area contributed by atoms with Gasteiger partial charge in [0.2, 0.25) is 69.0 Å². The Hall–Kier alpha value is -12.7. The van der Waals surface area contributed by atoms with Gasteiger partial charge in [-0.15, -0.1) is 0 Å². The van der Waals surface area contributed by atoms with Crippen LogP contribution < -0.4 is 0 Å². The van der Waals surface area contributed by atoms with E-state index in [-0.39, 0.29) is 0 Å². The summed E-state index contributed by atoms with van der Waals surface area (Å²) >= 11 is 0. The molecule has 416 valence electrons. The highest BCUT2D eigenvalue weighted by atomic mass is 16.4. The van der Waals surface area contributed by atoms with Crippen LogP contribution >= 0.6 is 0 Å². The van der Waals surface area contributed by atoms with Gasteiger partial charge in [0.05, 0.1) is 32.7 Å². The summed E-state index contributed by atoms with van der Waals surface area (Å²) in [4.78, 5) is 0. The van der Waals surface area contributed by atoms with Crippen molar-refractivity contribution >= 4 is 75.8 Å². The Morgan fingerprint density at radius 3 is 0.679 bits per heavy atom. The molecule has 0 aliphatic heterocycles. The molecular weight excluding hydrogens is 1100 g/mol. The Kier molecular flexibility index (Phi) is 9.63. The predicted molar refractivity (Wildman–Crippen MR) is 268 cm³/mol. The fourth-order valence-corrected chi connectivity index (χ4v) is 10.5. The summed E-state index contributed by atoms with van der Waals surface area (Å²) in [6, 6.07) is 0. The molecule has 31 nitrogen and oxygen atoms in total. The van der Waals surface area contributed by atoms with Crippen LogP contribution in [-0.2, 0) is 0 Å². The Balaban J connectivity index is 1.40. The molecule has 0 saturated carbocycles. The van der Waals surface area contributed by atoms with Crippen LogP contribution in [-0.4, -0.2) is 153 Å². The Morgan fingerprint density at radius 1 is 0.111 bits per heavy atom. The van der Waals surface area contributed by atoms with Gasteiger partial charge in [0.15, 0.2) is 103 Å². The first-order chi connectivity index (χ1) is 37.8. The van der Waals surface area contributed by atoms with Crippen LogP contribution in [0, 0.1) is 0 Å². The second kappa shape index (κ2) is 15.5. The zero-order chi connectivity index (χ0) is 59.6. The maximum absolute atomic E-state index is 12.2. The summed E-state index contributed by atoms with van der Waals surface area (Å²) in [5.74, 6) is -51.3. The van der Waals surface area contributed by atoms with E-state index in [0.29, 0.717) is 0 Å². The molecule has 10 aromatic carbocycles. The van der Waals surface area contributed by atoms with Crippen molar-refractivity contribution in [1.29, 1.82) is 0 Å². The lowest BCUT2D eigenvalue weighted by Crippen LogP contribution is -1.97. The van der Waals surface area contributed by atoms with Gasteiger partial charge in [0.25, 0.3) is 0 Å². The average Bonchev–Trinajstić information content (AvgIpc) is 2.49. The minimum atomic E-state index is -1.99. The summed E-state index contributed by atoms with van der Waals surface area (Å²) in [7, 11) is 0. The standard InChI is InChI=1S/C50H30O31/c51-19-10(8-9(27(59)42(74)41(73)26(8)58)11-14(19)33(65)44(76)43(75)28(11)60)15-31(63)29(61)13(30(62)32(15)64)2-5-3(21(53)37(69)39(71)23(5)55)1(4-6(2)24(56)40(72)38(70)22(4)54)7-12-18-20(52)16-17(35(67)46(78)45(77)34(16)66)36(68)50(18)81-49(12)48(80)47(79)25(7)57/h51-80H. The quantitative estimate of drug-likeness (QED) is 0.0448. The number of furan rings is 1. The van der Waals surface area contributed by atoms with Crippen LogP contribution in [0.15, 0.2) is 4.42 Å². The third kappa shape index (κ3) is 5.55. The molecular formula is C50H30O31. The highest BCUT2D eigenvalue weighted by molar-refractivity contribution is 6.35. The van der Waals surface area contributed by atoms with E-state index in [9.17, 15) is 153 Å². The second-order valence-electron chi connectivity index (χ2n) is 18.0. The molecule has 0 unspecified atom stereocenters. The van der Waals surface area contributed by atoms with E-state index in [1.165, 1.54) is 0 Å². The predicted octanol–water partition coefficient (Wildman–Crippen LogP) is 5.52. The van der Waals surface area contributed by atoms with Gasteiger partial charge in [0, 0.05) is 65.3 Å². The topological polar surface area (TPSA) is 620 Å². The molecule has 0 saturated heterocycles. The molecule has 0 aliphatic rings. The lowest BCUT2D eigenvalue weighted by atomic mass is 9.81. The molecule has 1 aromatic heterocycles. The maximum atomic E-state index is 12.2. The van der Waals surface area contributed by atoms with Crippen molar-refractivity contribution in [1.82, 2.24) is 0 Å². The lowest BCUT2D eigenvalue weighted by Gasteiger charge is -2.25. The van der Waals surface area contributed by atoms with Crippen molar-refractivity contribution in [2.24, 2.45) is 0 Å². The van der Waals surface area contributed by atoms with Crippen molar-refractivity contribution in [3.05, 3.63) is 0 Å². The fraction of sp³-hybridized carbons (Fsp3) is 0. The molecule has 0 radical (unpaired) electrons. The van der Waals surface area contributed by atoms with Crippen LogP contribution in [0.3, 0.4) is 0 Å². The number of fused-ring (bicyclic) bond motifs is 9. The fourth-order valence-electron chi connectivity index (χ4n) is 10.5. The van der Waals surface area contributed by atoms with Gasteiger partial charge in [0.1, 0.15) is 11.5 Å². The van der Waals surface area contributed by atoms with E-state index in [1.807, 2.05) is 0 Å². The van der Waals surface area contributed by atoms with Gasteiger partial charge in [-0.1, -0.05) is 0 Å². The molecule has 0 atom stereocenters. The third-order valence-corrected chi connectivity index (χ3v) is 14.1. The summed E-state index contributed by atoms with van der Waals surface area (Å²) in [5, 5.41) is 324. The minimum absolute atomic E-state index is 1.11. The van der Waals surface area contributed by atoms with Gasteiger partial charge in [-0.05, 0) is 0 Å². The van der Waals surface area contributed by atoms with E-state index in [2.05, 4.69) is 0 Å². The van der Waals surface area contributed by atoms with Crippen molar-refractivity contribution in [2.45, 2.75) is 0 Å². The molecule has 0 spiro atoms. The highest BCUT2D eigenvalue weighted by Crippen LogP contribution is 2.71. The normalized spacial score (nSPS) is 12.0. The van der Waals surface area contributed by atoms with E-state index in [4.69, 9.17) is 4.42 Å². The minimum Gasteiger partial charge on any atom is -0.506 e. The molecule has 11 aromatic rings. The molecule has 0 fully saturated rings. The van der Waals surface area contributed by atoms with Gasteiger partial charge in [-0.25, -0.2) is 0 Å². The molecule has 30 N–H and O–H groups in total. The number of phenolic OH excluding ortho intramolecular Hbond substituents is 30. The average molecular weight is 1130 g/mol. The summed E-state index contributed by atoms with van der Waals surface area (Å²) in [5.41, 5.74) is -11.6. The molecule has 0 bridgehead atoms. The van der Waals surface area contributed by atoms with Gasteiger partial charge in [-0.3, -0.25) is 0 Å². The molecule has 0 aliphatic carbocycles. The Morgan fingerprint density at radius 2 is 0.321 bits per heavy atom. The SMILES string of the molecule is Oc1c(O)c(-c2c(O)c3c(O)c(O)c(O)c(O)c3c3c(O)c(O)c(O)c(O)c23)c(O)c(O)c1-c1c2c(O)c(O)c(O)c(O)c2c(-c2c(O)c(O)c(O)c3oc4c(O)c5c(O)c(O)c(O)c(O)c5c(O)c4c23)c2c(O)c(O)c(O)c(O)c12. The Labute approximate surface area is 438 Å². The van der Waals surface area contributed by atoms with Crippen LogP contribution in [0.4, 0.5) is 0 Å². The summed E-state index contributed by atoms with van der Waals surface area (Å²) in [6.07, 6.45) is 0. The molecule has 11 rings (SSSR count). The zero-order valence-corrected chi connectivity index (χ0v) is 38.8. The van der Waals surface area contributed by atoms with Gasteiger partial charge < -0.3 is 158 Å². The van der Waals surface area contributed by atoms with Gasteiger partial charge in [-0.2, -0.15) is 0 Å². The van der Waals surface area contributed by atoms with Gasteiger partial charge >= 0.3 is 0 Å². The molecule has 1 heterocycles. The second-order valence-corrected chi connectivity index (χ2v) is 18.0. The largest absolute Gasteiger partial charge is 0.506 e. The van der Waals surface area contributed by atoms with E-state index < -0.39 is 282 Å². The van der Waals surface area contributed by atoms with E-state index in [0.717, 1.165) is 0 Å². The smallest absolute Gasteiger partial charge is 0.205 e. The molecule has 81 heavy (non-hydrogen) atoms. The van der Waals surface area contributed by atoms with Crippen LogP contribution in [0.5, 0.6) is 172 Å². The monoisotopic (exact) mass is 1130 g/mol. The number of hydrogen-bond donors (Lipinski definition) is 30. The number of aromatic hydroxyl groups is 30. The van der Waals surface area contributed by atoms with Crippen LogP contribution in [0.2, 0.25) is 0 Å². The van der Waals surface area contributed by atoms with Crippen molar-refractivity contribution in [3.8, 4) is 206 Å². The highest BCUT2D eigenvalue weighted by Gasteiger charge is 2.42. The number of phenols is 30.